The van der Waals surface area contributed by atoms with Crippen molar-refractivity contribution in [3.63, 3.8) is 0 Å². The van der Waals surface area contributed by atoms with Crippen molar-refractivity contribution in [3.05, 3.63) is 56.5 Å². The van der Waals surface area contributed by atoms with E-state index in [4.69, 9.17) is 4.42 Å². The fourth-order valence-corrected chi connectivity index (χ4v) is 5.03. The number of rotatable bonds is 7. The lowest BCUT2D eigenvalue weighted by molar-refractivity contribution is 0.528. The van der Waals surface area contributed by atoms with E-state index in [-0.39, 0.29) is 5.56 Å². The van der Waals surface area contributed by atoms with Crippen molar-refractivity contribution < 1.29 is 4.42 Å². The Morgan fingerprint density at radius 1 is 1.20 bits per heavy atom. The minimum absolute atomic E-state index is 0.0731. The molecule has 156 valence electrons. The van der Waals surface area contributed by atoms with Gasteiger partial charge in [-0.25, -0.2) is 4.98 Å². The van der Waals surface area contributed by atoms with Gasteiger partial charge >= 0.3 is 0 Å². The zero-order valence-electron chi connectivity index (χ0n) is 17.5. The average molecular weight is 441 g/mol. The molecule has 3 heterocycles. The molecular formula is C22H24N4O2S2. The van der Waals surface area contributed by atoms with Crippen LogP contribution in [0.4, 0.5) is 0 Å². The van der Waals surface area contributed by atoms with Gasteiger partial charge in [-0.1, -0.05) is 49.7 Å². The van der Waals surface area contributed by atoms with Crippen LogP contribution < -0.4 is 5.56 Å². The third-order valence-corrected chi connectivity index (χ3v) is 7.09. The summed E-state index contributed by atoms with van der Waals surface area (Å²) in [5.74, 6) is 1.97. The van der Waals surface area contributed by atoms with Gasteiger partial charge in [0.25, 0.3) is 5.56 Å². The Morgan fingerprint density at radius 3 is 2.70 bits per heavy atom. The van der Waals surface area contributed by atoms with Gasteiger partial charge in [-0.3, -0.25) is 4.79 Å². The summed E-state index contributed by atoms with van der Waals surface area (Å²) in [4.78, 5) is 22.3. The minimum atomic E-state index is -0.0731. The Morgan fingerprint density at radius 2 is 1.97 bits per heavy atom. The lowest BCUT2D eigenvalue weighted by Gasteiger charge is -2.08. The van der Waals surface area contributed by atoms with Crippen LogP contribution >= 0.6 is 23.1 Å². The van der Waals surface area contributed by atoms with Crippen LogP contribution in [0.2, 0.25) is 0 Å². The van der Waals surface area contributed by atoms with Crippen molar-refractivity contribution in [3.8, 4) is 11.5 Å². The Labute approximate surface area is 183 Å². The van der Waals surface area contributed by atoms with Gasteiger partial charge in [-0.2, -0.15) is 0 Å². The van der Waals surface area contributed by atoms with Gasteiger partial charge in [-0.15, -0.1) is 21.5 Å². The zero-order chi connectivity index (χ0) is 21.3. The second kappa shape index (κ2) is 8.73. The van der Waals surface area contributed by atoms with E-state index in [1.807, 2.05) is 31.2 Å². The summed E-state index contributed by atoms with van der Waals surface area (Å²) in [6, 6.07) is 7.94. The van der Waals surface area contributed by atoms with Gasteiger partial charge in [0.2, 0.25) is 11.8 Å². The molecule has 1 unspecified atom stereocenters. The first-order chi connectivity index (χ1) is 14.4. The summed E-state index contributed by atoms with van der Waals surface area (Å²) in [7, 11) is 0. The first-order valence-electron chi connectivity index (χ1n) is 9.99. The molecule has 0 bridgehead atoms. The van der Waals surface area contributed by atoms with Crippen LogP contribution in [0.15, 0.2) is 38.6 Å². The molecule has 8 heteroatoms. The molecule has 0 aliphatic heterocycles. The molecule has 1 N–H and O–H groups in total. The number of benzene rings is 1. The molecule has 0 aliphatic rings. The van der Waals surface area contributed by atoms with E-state index < -0.39 is 0 Å². The van der Waals surface area contributed by atoms with E-state index in [0.29, 0.717) is 28.6 Å². The number of thiophene rings is 1. The number of H-pyrrole nitrogens is 1. The molecule has 0 radical (unpaired) electrons. The highest BCUT2D eigenvalue weighted by Gasteiger charge is 2.17. The van der Waals surface area contributed by atoms with Crippen molar-refractivity contribution in [1.82, 2.24) is 20.2 Å². The molecule has 0 amide bonds. The largest absolute Gasteiger partial charge is 0.420 e. The summed E-state index contributed by atoms with van der Waals surface area (Å²) in [6.45, 7) is 8.49. The quantitative estimate of drug-likeness (QED) is 0.300. The maximum absolute atomic E-state index is 12.8. The van der Waals surface area contributed by atoms with Crippen molar-refractivity contribution in [2.75, 3.05) is 0 Å². The van der Waals surface area contributed by atoms with Crippen LogP contribution in [0.3, 0.4) is 0 Å². The van der Waals surface area contributed by atoms with E-state index in [1.54, 1.807) is 11.3 Å². The molecule has 3 aromatic heterocycles. The topological polar surface area (TPSA) is 84.7 Å². The van der Waals surface area contributed by atoms with E-state index in [1.165, 1.54) is 22.2 Å². The maximum atomic E-state index is 12.8. The van der Waals surface area contributed by atoms with Gasteiger partial charge in [-0.05, 0) is 43.9 Å². The predicted molar refractivity (Wildman–Crippen MR) is 122 cm³/mol. The van der Waals surface area contributed by atoms with Crippen LogP contribution in [0.1, 0.15) is 42.2 Å². The number of aromatic amines is 1. The summed E-state index contributed by atoms with van der Waals surface area (Å²) in [5.41, 5.74) is 3.13. The highest BCUT2D eigenvalue weighted by molar-refractivity contribution is 7.98. The maximum Gasteiger partial charge on any atom is 0.260 e. The molecule has 0 aliphatic carbocycles. The summed E-state index contributed by atoms with van der Waals surface area (Å²) in [6.07, 6.45) is 1.99. The SMILES string of the molecule is CCC(C)Cc1c(C)sc2nc(SCc3nnc(-c4ccc(C)cc4)o3)[nH]c(=O)c12. The third-order valence-electron chi connectivity index (χ3n) is 5.19. The van der Waals surface area contributed by atoms with Crippen LogP contribution in [0, 0.1) is 19.8 Å². The number of aryl methyl sites for hydroxylation is 2. The van der Waals surface area contributed by atoms with Crippen LogP contribution in [-0.2, 0) is 12.2 Å². The van der Waals surface area contributed by atoms with E-state index in [2.05, 4.69) is 40.9 Å². The summed E-state index contributed by atoms with van der Waals surface area (Å²) in [5, 5.41) is 9.55. The second-order valence-corrected chi connectivity index (χ2v) is 9.73. The second-order valence-electron chi connectivity index (χ2n) is 7.56. The Hall–Kier alpha value is -2.45. The van der Waals surface area contributed by atoms with Crippen molar-refractivity contribution >= 4 is 33.3 Å². The monoisotopic (exact) mass is 440 g/mol. The molecule has 0 fully saturated rings. The smallest absolute Gasteiger partial charge is 0.260 e. The zero-order valence-corrected chi connectivity index (χ0v) is 19.1. The molecule has 0 saturated heterocycles. The van der Waals surface area contributed by atoms with Crippen LogP contribution in [0.25, 0.3) is 21.7 Å². The van der Waals surface area contributed by atoms with E-state index in [0.717, 1.165) is 34.2 Å². The van der Waals surface area contributed by atoms with Gasteiger partial charge in [0.05, 0.1) is 11.1 Å². The highest BCUT2D eigenvalue weighted by Crippen LogP contribution is 2.31. The molecule has 0 saturated carbocycles. The molecule has 4 aromatic rings. The first kappa shape index (κ1) is 20.8. The number of fused-ring (bicyclic) bond motifs is 1. The number of hydrogen-bond donors (Lipinski definition) is 1. The van der Waals surface area contributed by atoms with Crippen LogP contribution in [-0.4, -0.2) is 20.2 Å². The normalized spacial score (nSPS) is 12.5. The standard InChI is InChI=1S/C22H24N4O2S2/c1-5-12(2)10-16-14(4)30-21-18(16)19(27)23-22(24-21)29-11-17-25-26-20(28-17)15-8-6-13(3)7-9-15/h6-9,12H,5,10-11H2,1-4H3,(H,23,24,27). The van der Waals surface area contributed by atoms with E-state index in [9.17, 15) is 4.79 Å². The van der Waals surface area contributed by atoms with Gasteiger partial charge in [0.15, 0.2) is 5.16 Å². The molecule has 6 nitrogen and oxygen atoms in total. The number of nitrogens with zero attached hydrogens (tertiary/aromatic N) is 3. The van der Waals surface area contributed by atoms with Crippen LogP contribution in [0.5, 0.6) is 0 Å². The predicted octanol–water partition coefficient (Wildman–Crippen LogP) is 5.53. The number of hydrogen-bond acceptors (Lipinski definition) is 7. The summed E-state index contributed by atoms with van der Waals surface area (Å²) < 4.78 is 5.77. The minimum Gasteiger partial charge on any atom is -0.420 e. The number of aromatic nitrogens is 4. The van der Waals surface area contributed by atoms with Crippen molar-refractivity contribution in [2.45, 2.75) is 51.4 Å². The highest BCUT2D eigenvalue weighted by atomic mass is 32.2. The van der Waals surface area contributed by atoms with Crippen molar-refractivity contribution in [2.24, 2.45) is 5.92 Å². The fourth-order valence-electron chi connectivity index (χ4n) is 3.22. The van der Waals surface area contributed by atoms with E-state index >= 15 is 0 Å². The van der Waals surface area contributed by atoms with Crippen molar-refractivity contribution in [1.29, 1.82) is 0 Å². The first-order valence-corrected chi connectivity index (χ1v) is 11.8. The average Bonchev–Trinajstić information content (AvgIpc) is 3.32. The number of thioether (sulfide) groups is 1. The Kier molecular flexibility index (Phi) is 6.06. The van der Waals surface area contributed by atoms with Gasteiger partial charge in [0, 0.05) is 10.4 Å². The van der Waals surface area contributed by atoms with Gasteiger partial charge in [0.1, 0.15) is 4.83 Å². The molecule has 4 rings (SSSR count). The summed E-state index contributed by atoms with van der Waals surface area (Å²) >= 11 is 2.98. The number of nitrogens with one attached hydrogen (secondary N) is 1. The lowest BCUT2D eigenvalue weighted by atomic mass is 9.98. The Bertz CT molecular complexity index is 1220. The molecule has 1 atom stereocenters. The Balaban J connectivity index is 1.52. The molecular weight excluding hydrogens is 416 g/mol. The molecule has 0 spiro atoms. The lowest BCUT2D eigenvalue weighted by Crippen LogP contribution is -2.11. The molecule has 30 heavy (non-hydrogen) atoms. The fraction of sp³-hybridized carbons (Fsp3) is 0.364. The molecule has 1 aromatic carbocycles. The third kappa shape index (κ3) is 4.34. The van der Waals surface area contributed by atoms with Gasteiger partial charge < -0.3 is 9.40 Å².